The van der Waals surface area contributed by atoms with Gasteiger partial charge in [0.25, 0.3) is 0 Å². The highest BCUT2D eigenvalue weighted by Crippen LogP contribution is 2.51. The van der Waals surface area contributed by atoms with Gasteiger partial charge in [-0.3, -0.25) is 0 Å². The van der Waals surface area contributed by atoms with Crippen LogP contribution in [0, 0.1) is 12.8 Å². The van der Waals surface area contributed by atoms with E-state index in [9.17, 15) is 4.79 Å². The molecule has 0 unspecified atom stereocenters. The van der Waals surface area contributed by atoms with E-state index < -0.39 is 0 Å². The summed E-state index contributed by atoms with van der Waals surface area (Å²) in [6.45, 7) is 1.98. The molecule has 2 aromatic carbocycles. The van der Waals surface area contributed by atoms with E-state index >= 15 is 0 Å². The van der Waals surface area contributed by atoms with Gasteiger partial charge in [-0.2, -0.15) is 0 Å². The van der Waals surface area contributed by atoms with Crippen molar-refractivity contribution >= 4 is 23.3 Å². The first kappa shape index (κ1) is 16.2. The van der Waals surface area contributed by atoms with Gasteiger partial charge in [-0.15, -0.1) is 0 Å². The fourth-order valence-corrected chi connectivity index (χ4v) is 4.27. The summed E-state index contributed by atoms with van der Waals surface area (Å²) in [7, 11) is 1.42. The molecule has 25 heavy (non-hydrogen) atoms. The van der Waals surface area contributed by atoms with E-state index in [1.165, 1.54) is 18.2 Å². The molecule has 4 heteroatoms. The van der Waals surface area contributed by atoms with Crippen LogP contribution in [0.3, 0.4) is 0 Å². The number of hydrogen-bond acceptors (Lipinski definition) is 3. The molecule has 0 saturated heterocycles. The predicted molar refractivity (Wildman–Crippen MR) is 100 cm³/mol. The quantitative estimate of drug-likeness (QED) is 0.591. The highest BCUT2D eigenvalue weighted by molar-refractivity contribution is 6.30. The number of carbonyl (C=O) groups excluding carboxylic acids is 1. The van der Waals surface area contributed by atoms with Crippen LogP contribution < -0.4 is 5.32 Å². The summed E-state index contributed by atoms with van der Waals surface area (Å²) in [5.74, 6) is 0.536. The molecule has 0 saturated carbocycles. The van der Waals surface area contributed by atoms with E-state index in [2.05, 4.69) is 35.7 Å². The average Bonchev–Trinajstić information content (AvgIpc) is 3.12. The van der Waals surface area contributed by atoms with Crippen LogP contribution in [-0.2, 0) is 4.74 Å². The van der Waals surface area contributed by atoms with Crippen molar-refractivity contribution in [3.63, 3.8) is 0 Å². The largest absolute Gasteiger partial charge is 0.465 e. The minimum atomic E-state index is -0.297. The Morgan fingerprint density at radius 1 is 1.20 bits per heavy atom. The molecule has 0 spiro atoms. The number of allylic oxidation sites excluding steroid dienone is 2. The first-order chi connectivity index (χ1) is 12.1. The van der Waals surface area contributed by atoms with Crippen molar-refractivity contribution in [2.75, 3.05) is 12.4 Å². The third-order valence-corrected chi connectivity index (χ3v) is 5.68. The maximum atomic E-state index is 12.1. The Labute approximate surface area is 152 Å². The monoisotopic (exact) mass is 353 g/mol. The summed E-state index contributed by atoms with van der Waals surface area (Å²) >= 11 is 6.06. The molecule has 2 aliphatic rings. The van der Waals surface area contributed by atoms with Gasteiger partial charge in [0.2, 0.25) is 0 Å². The smallest absolute Gasteiger partial charge is 0.338 e. The molecule has 0 amide bonds. The number of ether oxygens (including phenoxy) is 1. The molecule has 1 heterocycles. The number of esters is 1. The zero-order chi connectivity index (χ0) is 17.6. The molecule has 1 aliphatic carbocycles. The van der Waals surface area contributed by atoms with Crippen LogP contribution in [-0.4, -0.2) is 13.1 Å². The van der Waals surface area contributed by atoms with Gasteiger partial charge >= 0.3 is 5.97 Å². The van der Waals surface area contributed by atoms with Gasteiger partial charge in [0.15, 0.2) is 0 Å². The van der Waals surface area contributed by atoms with E-state index in [-0.39, 0.29) is 12.0 Å². The molecule has 4 rings (SSSR count). The van der Waals surface area contributed by atoms with Crippen molar-refractivity contribution in [3.05, 3.63) is 75.8 Å². The molecule has 0 bridgehead atoms. The van der Waals surface area contributed by atoms with Crippen molar-refractivity contribution in [1.82, 2.24) is 0 Å². The summed E-state index contributed by atoms with van der Waals surface area (Å²) in [5, 5.41) is 4.44. The van der Waals surface area contributed by atoms with Gasteiger partial charge in [-0.25, -0.2) is 4.79 Å². The minimum absolute atomic E-state index is 0.191. The first-order valence-corrected chi connectivity index (χ1v) is 8.88. The van der Waals surface area contributed by atoms with Gasteiger partial charge in [-0.1, -0.05) is 42.0 Å². The van der Waals surface area contributed by atoms with E-state index in [4.69, 9.17) is 16.3 Å². The molecular weight excluding hydrogens is 334 g/mol. The second-order valence-electron chi connectivity index (χ2n) is 6.72. The fraction of sp³-hybridized carbons (Fsp3) is 0.286. The topological polar surface area (TPSA) is 38.3 Å². The van der Waals surface area contributed by atoms with Gasteiger partial charge in [0, 0.05) is 16.6 Å². The molecule has 0 aromatic heterocycles. The molecule has 3 nitrogen and oxygen atoms in total. The second-order valence-corrected chi connectivity index (χ2v) is 7.16. The van der Waals surface area contributed by atoms with Crippen LogP contribution in [0.15, 0.2) is 48.6 Å². The Bertz CT molecular complexity index is 857. The van der Waals surface area contributed by atoms with E-state index in [0.29, 0.717) is 17.4 Å². The lowest BCUT2D eigenvalue weighted by atomic mass is 9.76. The van der Waals surface area contributed by atoms with Crippen molar-refractivity contribution in [3.8, 4) is 0 Å². The highest BCUT2D eigenvalue weighted by atomic mass is 35.5. The van der Waals surface area contributed by atoms with E-state index in [1.54, 1.807) is 0 Å². The Balaban J connectivity index is 1.81. The SMILES string of the molecule is COC(=O)c1ccc2c(c1C)N[C@H](c1ccc(Cl)cc1)[C@@H]1CC=C[C@H]21. The Hall–Kier alpha value is -2.26. The Morgan fingerprint density at radius 3 is 2.68 bits per heavy atom. The molecule has 3 atom stereocenters. The number of methoxy groups -OCH3 is 1. The van der Waals surface area contributed by atoms with Gasteiger partial charge in [0.1, 0.15) is 0 Å². The van der Waals surface area contributed by atoms with Crippen LogP contribution in [0.4, 0.5) is 5.69 Å². The fourth-order valence-electron chi connectivity index (χ4n) is 4.15. The molecule has 128 valence electrons. The normalized spacial score (nSPS) is 23.6. The predicted octanol–water partition coefficient (Wildman–Crippen LogP) is 5.26. The molecule has 2 aromatic rings. The zero-order valence-electron chi connectivity index (χ0n) is 14.3. The number of anilines is 1. The van der Waals surface area contributed by atoms with Gasteiger partial charge in [0.05, 0.1) is 18.7 Å². The number of benzene rings is 2. The average molecular weight is 354 g/mol. The number of nitrogens with one attached hydrogen (secondary N) is 1. The standard InChI is InChI=1S/C21H20ClNO2/c1-12-15(21(24)25-2)10-11-18-16-4-3-5-17(16)20(23-19(12)18)13-6-8-14(22)9-7-13/h3-4,6-11,16-17,20,23H,5H2,1-2H3/t16-,17+,20+/m0/s1. The van der Waals surface area contributed by atoms with Crippen molar-refractivity contribution in [2.45, 2.75) is 25.3 Å². The van der Waals surface area contributed by atoms with Crippen LogP contribution in [0.5, 0.6) is 0 Å². The molecule has 1 N–H and O–H groups in total. The third-order valence-electron chi connectivity index (χ3n) is 5.43. The van der Waals surface area contributed by atoms with Crippen molar-refractivity contribution in [1.29, 1.82) is 0 Å². The van der Waals surface area contributed by atoms with Crippen LogP contribution >= 0.6 is 11.6 Å². The van der Waals surface area contributed by atoms with E-state index in [1.807, 2.05) is 25.1 Å². The summed E-state index contributed by atoms with van der Waals surface area (Å²) in [6.07, 6.45) is 5.60. The first-order valence-electron chi connectivity index (χ1n) is 8.50. The zero-order valence-corrected chi connectivity index (χ0v) is 15.0. The highest BCUT2D eigenvalue weighted by Gasteiger charge is 2.38. The minimum Gasteiger partial charge on any atom is -0.465 e. The number of rotatable bonds is 2. The number of fused-ring (bicyclic) bond motifs is 3. The third kappa shape index (κ3) is 2.63. The molecule has 0 radical (unpaired) electrons. The van der Waals surface area contributed by atoms with Crippen LogP contribution in [0.25, 0.3) is 0 Å². The number of halogens is 1. The lowest BCUT2D eigenvalue weighted by Gasteiger charge is -2.38. The Morgan fingerprint density at radius 2 is 1.96 bits per heavy atom. The summed E-state index contributed by atoms with van der Waals surface area (Å²) in [6, 6.07) is 12.2. The lowest BCUT2D eigenvalue weighted by molar-refractivity contribution is 0.0600. The van der Waals surface area contributed by atoms with Crippen LogP contribution in [0.1, 0.15) is 45.4 Å². The molecular formula is C21H20ClNO2. The summed E-state index contributed by atoms with van der Waals surface area (Å²) in [4.78, 5) is 12.1. The van der Waals surface area contributed by atoms with E-state index in [0.717, 1.165) is 22.7 Å². The van der Waals surface area contributed by atoms with Crippen LogP contribution in [0.2, 0.25) is 5.02 Å². The maximum Gasteiger partial charge on any atom is 0.338 e. The van der Waals surface area contributed by atoms with Gasteiger partial charge < -0.3 is 10.1 Å². The summed E-state index contributed by atoms with van der Waals surface area (Å²) in [5.41, 5.74) is 5.09. The van der Waals surface area contributed by atoms with Crippen molar-refractivity contribution < 1.29 is 9.53 Å². The summed E-state index contributed by atoms with van der Waals surface area (Å²) < 4.78 is 4.92. The lowest BCUT2D eigenvalue weighted by Crippen LogP contribution is -2.30. The van der Waals surface area contributed by atoms with Gasteiger partial charge in [-0.05, 0) is 54.2 Å². The Kier molecular flexibility index (Phi) is 4.04. The number of carbonyl (C=O) groups is 1. The number of hydrogen-bond donors (Lipinski definition) is 1. The second kappa shape index (κ2) is 6.23. The molecule has 0 fully saturated rings. The molecule has 1 aliphatic heterocycles. The van der Waals surface area contributed by atoms with Crippen molar-refractivity contribution in [2.24, 2.45) is 5.92 Å². The maximum absolute atomic E-state index is 12.1.